The van der Waals surface area contributed by atoms with Crippen molar-refractivity contribution in [2.45, 2.75) is 33.0 Å². The molecule has 0 saturated carbocycles. The minimum Gasteiger partial charge on any atom is -0.273 e. The summed E-state index contributed by atoms with van der Waals surface area (Å²) in [5, 5.41) is 0. The summed E-state index contributed by atoms with van der Waals surface area (Å²) in [6, 6.07) is 0. The molecular weight excluding hydrogens is 185 g/mol. The van der Waals surface area contributed by atoms with Crippen LogP contribution in [0.2, 0.25) is 0 Å². The van der Waals surface area contributed by atoms with Gasteiger partial charge < -0.3 is 0 Å². The zero-order chi connectivity index (χ0) is 9.99. The van der Waals surface area contributed by atoms with Gasteiger partial charge in [0.2, 0.25) is 0 Å². The van der Waals surface area contributed by atoms with Crippen molar-refractivity contribution >= 4 is 10.3 Å². The van der Waals surface area contributed by atoms with Crippen LogP contribution in [-0.2, 0) is 10.3 Å². The molecule has 0 bridgehead atoms. The third-order valence-electron chi connectivity index (χ3n) is 1.13. The lowest BCUT2D eigenvalue weighted by atomic mass is 10.0. The molecule has 0 radical (unpaired) electrons. The molecule has 0 rings (SSSR count). The minimum absolute atomic E-state index is 0.00856. The molecule has 0 amide bonds. The van der Waals surface area contributed by atoms with Gasteiger partial charge >= 0.3 is 10.3 Å². The first-order valence-corrected chi connectivity index (χ1v) is 5.02. The standard InChI is InChI=1S/C6H14FNO3S/c1-5(2)4-6(3,7)8-12(9,10)11/h5,8H,4H2,1-3H3,(H,9,10,11). The van der Waals surface area contributed by atoms with Gasteiger partial charge in [0.15, 0.2) is 5.79 Å². The van der Waals surface area contributed by atoms with Crippen LogP contribution < -0.4 is 4.72 Å². The third kappa shape index (κ3) is 6.51. The third-order valence-corrected chi connectivity index (χ3v) is 1.82. The quantitative estimate of drug-likeness (QED) is 0.526. The van der Waals surface area contributed by atoms with Crippen LogP contribution in [0, 0.1) is 5.92 Å². The van der Waals surface area contributed by atoms with E-state index in [0.717, 1.165) is 6.92 Å². The first-order valence-electron chi connectivity index (χ1n) is 3.58. The van der Waals surface area contributed by atoms with E-state index in [9.17, 15) is 12.8 Å². The van der Waals surface area contributed by atoms with E-state index in [1.165, 1.54) is 4.72 Å². The lowest BCUT2D eigenvalue weighted by molar-refractivity contribution is 0.136. The predicted molar refractivity (Wildman–Crippen MR) is 43.7 cm³/mol. The van der Waals surface area contributed by atoms with E-state index in [4.69, 9.17) is 4.55 Å². The highest BCUT2D eigenvalue weighted by Crippen LogP contribution is 2.18. The van der Waals surface area contributed by atoms with Gasteiger partial charge in [0.1, 0.15) is 0 Å². The molecule has 2 N–H and O–H groups in total. The Morgan fingerprint density at radius 1 is 1.58 bits per heavy atom. The van der Waals surface area contributed by atoms with Crippen LogP contribution >= 0.6 is 0 Å². The molecule has 0 fully saturated rings. The fourth-order valence-electron chi connectivity index (χ4n) is 1.08. The molecule has 0 aromatic rings. The average molecular weight is 199 g/mol. The monoisotopic (exact) mass is 199 g/mol. The second kappa shape index (κ2) is 3.68. The van der Waals surface area contributed by atoms with Crippen LogP contribution in [0.5, 0.6) is 0 Å². The molecule has 0 saturated heterocycles. The van der Waals surface area contributed by atoms with Gasteiger partial charge in [-0.05, 0) is 19.3 Å². The maximum absolute atomic E-state index is 13.2. The molecule has 0 aliphatic heterocycles. The van der Waals surface area contributed by atoms with E-state index in [1.54, 1.807) is 13.8 Å². The Hall–Kier alpha value is -0.200. The van der Waals surface area contributed by atoms with Crippen LogP contribution in [0.1, 0.15) is 27.2 Å². The topological polar surface area (TPSA) is 66.4 Å². The predicted octanol–water partition coefficient (Wildman–Crippen LogP) is 1.11. The Labute approximate surface area is 72.0 Å². The number of hydrogen-bond donors (Lipinski definition) is 2. The molecule has 6 heteroatoms. The van der Waals surface area contributed by atoms with Crippen molar-refractivity contribution in [3.8, 4) is 0 Å². The molecule has 0 aromatic carbocycles. The van der Waals surface area contributed by atoms with E-state index in [1.807, 2.05) is 0 Å². The molecule has 0 spiro atoms. The van der Waals surface area contributed by atoms with E-state index in [2.05, 4.69) is 0 Å². The summed E-state index contributed by atoms with van der Waals surface area (Å²) in [7, 11) is -4.45. The highest BCUT2D eigenvalue weighted by molar-refractivity contribution is 7.83. The Balaban J connectivity index is 4.23. The van der Waals surface area contributed by atoms with Crippen molar-refractivity contribution in [2.75, 3.05) is 0 Å². The summed E-state index contributed by atoms with van der Waals surface area (Å²) < 4.78 is 43.4. The van der Waals surface area contributed by atoms with Crippen molar-refractivity contribution in [2.24, 2.45) is 5.92 Å². The Morgan fingerprint density at radius 2 is 2.00 bits per heavy atom. The van der Waals surface area contributed by atoms with E-state index < -0.39 is 16.1 Å². The highest BCUT2D eigenvalue weighted by Gasteiger charge is 2.28. The Kier molecular flexibility index (Phi) is 3.61. The van der Waals surface area contributed by atoms with Crippen LogP contribution in [0.25, 0.3) is 0 Å². The van der Waals surface area contributed by atoms with Crippen molar-refractivity contribution < 1.29 is 17.4 Å². The van der Waals surface area contributed by atoms with Crippen LogP contribution in [0.15, 0.2) is 0 Å². The molecule has 12 heavy (non-hydrogen) atoms. The Bertz CT molecular complexity index is 235. The number of hydrogen-bond acceptors (Lipinski definition) is 2. The smallest absolute Gasteiger partial charge is 0.273 e. The van der Waals surface area contributed by atoms with Gasteiger partial charge in [-0.1, -0.05) is 13.8 Å². The van der Waals surface area contributed by atoms with Crippen LogP contribution in [0.4, 0.5) is 4.39 Å². The molecule has 0 heterocycles. The number of rotatable bonds is 4. The van der Waals surface area contributed by atoms with Gasteiger partial charge in [-0.25, -0.2) is 4.39 Å². The van der Waals surface area contributed by atoms with Gasteiger partial charge in [0, 0.05) is 0 Å². The summed E-state index contributed by atoms with van der Waals surface area (Å²) in [4.78, 5) is 0. The fraction of sp³-hybridized carbons (Fsp3) is 1.00. The van der Waals surface area contributed by atoms with Crippen LogP contribution in [-0.4, -0.2) is 18.8 Å². The molecule has 1 atom stereocenters. The fourth-order valence-corrected chi connectivity index (χ4v) is 1.70. The average Bonchev–Trinajstić information content (AvgIpc) is 1.48. The van der Waals surface area contributed by atoms with Gasteiger partial charge in [0.25, 0.3) is 0 Å². The first-order chi connectivity index (χ1) is 5.12. The Morgan fingerprint density at radius 3 is 2.25 bits per heavy atom. The second-order valence-corrected chi connectivity index (χ2v) is 4.53. The highest BCUT2D eigenvalue weighted by atomic mass is 32.2. The van der Waals surface area contributed by atoms with Crippen molar-refractivity contribution in [1.29, 1.82) is 0 Å². The van der Waals surface area contributed by atoms with Crippen molar-refractivity contribution in [3.05, 3.63) is 0 Å². The molecule has 1 unspecified atom stereocenters. The molecular formula is C6H14FNO3S. The van der Waals surface area contributed by atoms with Crippen LogP contribution in [0.3, 0.4) is 0 Å². The SMILES string of the molecule is CC(C)CC(C)(F)NS(=O)(=O)O. The maximum Gasteiger partial charge on any atom is 0.335 e. The van der Waals surface area contributed by atoms with Crippen molar-refractivity contribution in [3.63, 3.8) is 0 Å². The minimum atomic E-state index is -4.45. The molecule has 0 aliphatic carbocycles. The van der Waals surface area contributed by atoms with E-state index in [-0.39, 0.29) is 12.3 Å². The van der Waals surface area contributed by atoms with Gasteiger partial charge in [0.05, 0.1) is 0 Å². The first kappa shape index (κ1) is 11.8. The molecule has 74 valence electrons. The maximum atomic E-state index is 13.2. The van der Waals surface area contributed by atoms with E-state index >= 15 is 0 Å². The van der Waals surface area contributed by atoms with Gasteiger partial charge in [-0.2, -0.15) is 13.1 Å². The van der Waals surface area contributed by atoms with Gasteiger partial charge in [-0.3, -0.25) is 4.55 Å². The zero-order valence-corrected chi connectivity index (χ0v) is 8.15. The summed E-state index contributed by atoms with van der Waals surface area (Å²) >= 11 is 0. The molecule has 0 aromatic heterocycles. The van der Waals surface area contributed by atoms with Gasteiger partial charge in [-0.15, -0.1) is 0 Å². The van der Waals surface area contributed by atoms with E-state index in [0.29, 0.717) is 0 Å². The normalized spacial score (nSPS) is 17.8. The molecule has 0 aliphatic rings. The summed E-state index contributed by atoms with van der Waals surface area (Å²) in [6.07, 6.45) is 0.0206. The lowest BCUT2D eigenvalue weighted by Crippen LogP contribution is -2.42. The van der Waals surface area contributed by atoms with Crippen molar-refractivity contribution in [1.82, 2.24) is 4.72 Å². The number of halogens is 1. The summed E-state index contributed by atoms with van der Waals surface area (Å²) in [5.74, 6) is -2.07. The second-order valence-electron chi connectivity index (χ2n) is 3.37. The number of nitrogens with one attached hydrogen (secondary N) is 1. The lowest BCUT2D eigenvalue weighted by Gasteiger charge is -2.21. The zero-order valence-electron chi connectivity index (χ0n) is 7.33. The summed E-state index contributed by atoms with van der Waals surface area (Å²) in [5.41, 5.74) is 0. The largest absolute Gasteiger partial charge is 0.335 e. The number of alkyl halides is 1. The summed E-state index contributed by atoms with van der Waals surface area (Å²) in [6.45, 7) is 4.58. The molecule has 4 nitrogen and oxygen atoms in total.